The van der Waals surface area contributed by atoms with E-state index in [1.54, 1.807) is 0 Å². The first-order valence-electron chi connectivity index (χ1n) is 12.5. The summed E-state index contributed by atoms with van der Waals surface area (Å²) in [5.74, 6) is 1.23. The van der Waals surface area contributed by atoms with Crippen molar-refractivity contribution in [2.75, 3.05) is 26.2 Å². The molecule has 4 heterocycles. The molecule has 1 aromatic rings. The molecule has 31 heavy (non-hydrogen) atoms. The minimum atomic E-state index is -0.243. The average molecular weight is 424 g/mol. The second-order valence-electron chi connectivity index (χ2n) is 10.4. The van der Waals surface area contributed by atoms with Gasteiger partial charge in [0.15, 0.2) is 0 Å². The zero-order chi connectivity index (χ0) is 21.4. The van der Waals surface area contributed by atoms with Gasteiger partial charge >= 0.3 is 0 Å². The van der Waals surface area contributed by atoms with Gasteiger partial charge in [-0.15, -0.1) is 0 Å². The lowest BCUT2D eigenvalue weighted by Crippen LogP contribution is -2.68. The fourth-order valence-corrected chi connectivity index (χ4v) is 6.75. The summed E-state index contributed by atoms with van der Waals surface area (Å²) in [5, 5.41) is 0. The lowest BCUT2D eigenvalue weighted by molar-refractivity contribution is -0.165. The SMILES string of the molecule is Cc1cccc(CN2C[C@H]3C[C@@H](C2)[C@H](C(=O)N2CCCCCC2)N2C(=O)CCC[C@@H]32)c1. The van der Waals surface area contributed by atoms with Crippen molar-refractivity contribution in [3.63, 3.8) is 0 Å². The van der Waals surface area contributed by atoms with Crippen LogP contribution in [0.1, 0.15) is 62.5 Å². The van der Waals surface area contributed by atoms with E-state index in [4.69, 9.17) is 0 Å². The smallest absolute Gasteiger partial charge is 0.245 e. The van der Waals surface area contributed by atoms with E-state index in [1.165, 1.54) is 24.0 Å². The average Bonchev–Trinajstić information content (AvgIpc) is 3.04. The Morgan fingerprint density at radius 2 is 1.81 bits per heavy atom. The molecule has 0 aliphatic carbocycles. The summed E-state index contributed by atoms with van der Waals surface area (Å²) in [6, 6.07) is 8.79. The maximum Gasteiger partial charge on any atom is 0.245 e. The predicted octanol–water partition coefficient (Wildman–Crippen LogP) is 3.60. The number of rotatable bonds is 3. The lowest BCUT2D eigenvalue weighted by atomic mass is 9.71. The third-order valence-corrected chi connectivity index (χ3v) is 8.08. The standard InChI is InChI=1S/C26H37N3O2/c1-19-8-6-9-20(14-19)16-27-17-21-15-22(18-27)25(29-23(21)10-7-11-24(29)30)26(31)28-12-4-2-3-5-13-28/h6,8-9,14,21-23,25H,2-5,7,10-13,15-18H2,1H3/t21-,22+,23+,25-/m1/s1. The van der Waals surface area contributed by atoms with Crippen molar-refractivity contribution < 1.29 is 9.59 Å². The number of fused-ring (bicyclic) bond motifs is 4. The van der Waals surface area contributed by atoms with Crippen molar-refractivity contribution in [1.82, 2.24) is 14.7 Å². The Hall–Kier alpha value is -1.88. The summed E-state index contributed by atoms with van der Waals surface area (Å²) in [7, 11) is 0. The van der Waals surface area contributed by atoms with Crippen molar-refractivity contribution >= 4 is 11.8 Å². The second kappa shape index (κ2) is 8.93. The van der Waals surface area contributed by atoms with E-state index in [1.807, 2.05) is 0 Å². The van der Waals surface area contributed by atoms with Crippen LogP contribution in [0.15, 0.2) is 24.3 Å². The Balaban J connectivity index is 1.40. The molecule has 0 unspecified atom stereocenters. The highest BCUT2D eigenvalue weighted by molar-refractivity contribution is 5.89. The van der Waals surface area contributed by atoms with Crippen LogP contribution in [-0.4, -0.2) is 64.8 Å². The Labute approximate surface area is 186 Å². The second-order valence-corrected chi connectivity index (χ2v) is 10.4. The summed E-state index contributed by atoms with van der Waals surface area (Å²) < 4.78 is 0. The molecule has 168 valence electrons. The molecule has 5 rings (SSSR count). The fraction of sp³-hybridized carbons (Fsp3) is 0.692. The molecule has 2 bridgehead atoms. The topological polar surface area (TPSA) is 43.9 Å². The van der Waals surface area contributed by atoms with Crippen LogP contribution in [0.4, 0.5) is 0 Å². The zero-order valence-corrected chi connectivity index (χ0v) is 19.0. The number of likely N-dealkylation sites (tertiary alicyclic amines) is 2. The Bertz CT molecular complexity index is 817. The minimum Gasteiger partial charge on any atom is -0.341 e. The van der Waals surface area contributed by atoms with E-state index >= 15 is 0 Å². The lowest BCUT2D eigenvalue weighted by Gasteiger charge is -2.56. The highest BCUT2D eigenvalue weighted by Gasteiger charge is 2.52. The van der Waals surface area contributed by atoms with Gasteiger partial charge in [-0.25, -0.2) is 0 Å². The maximum absolute atomic E-state index is 13.8. The van der Waals surface area contributed by atoms with Crippen LogP contribution in [0, 0.1) is 18.8 Å². The summed E-state index contributed by atoms with van der Waals surface area (Å²) in [6.45, 7) is 6.79. The van der Waals surface area contributed by atoms with Gasteiger partial charge in [0.2, 0.25) is 11.8 Å². The van der Waals surface area contributed by atoms with Gasteiger partial charge in [0.25, 0.3) is 0 Å². The molecule has 4 saturated heterocycles. The van der Waals surface area contributed by atoms with Crippen molar-refractivity contribution in [3.8, 4) is 0 Å². The van der Waals surface area contributed by atoms with Crippen molar-refractivity contribution in [3.05, 3.63) is 35.4 Å². The van der Waals surface area contributed by atoms with E-state index < -0.39 is 0 Å². The van der Waals surface area contributed by atoms with Gasteiger partial charge in [-0.1, -0.05) is 42.7 Å². The van der Waals surface area contributed by atoms with E-state index in [-0.39, 0.29) is 29.8 Å². The molecule has 0 spiro atoms. The molecule has 0 radical (unpaired) electrons. The predicted molar refractivity (Wildman–Crippen MR) is 121 cm³/mol. The van der Waals surface area contributed by atoms with Crippen LogP contribution in [-0.2, 0) is 16.1 Å². The molecule has 0 aromatic heterocycles. The van der Waals surface area contributed by atoms with Gasteiger partial charge in [0.1, 0.15) is 6.04 Å². The number of aryl methyl sites for hydroxylation is 1. The van der Waals surface area contributed by atoms with E-state index in [9.17, 15) is 9.59 Å². The highest BCUT2D eigenvalue weighted by Crippen LogP contribution is 2.42. The molecular weight excluding hydrogens is 386 g/mol. The summed E-state index contributed by atoms with van der Waals surface area (Å²) in [6.07, 6.45) is 8.39. The van der Waals surface area contributed by atoms with Crippen LogP contribution >= 0.6 is 0 Å². The number of carbonyl (C=O) groups excluding carboxylic acids is 2. The van der Waals surface area contributed by atoms with E-state index in [2.05, 4.69) is 45.9 Å². The number of nitrogens with zero attached hydrogens (tertiary/aromatic N) is 3. The molecule has 4 atom stereocenters. The monoisotopic (exact) mass is 423 g/mol. The number of benzene rings is 1. The van der Waals surface area contributed by atoms with Crippen LogP contribution in [0.5, 0.6) is 0 Å². The third kappa shape index (κ3) is 4.26. The first-order chi connectivity index (χ1) is 15.1. The van der Waals surface area contributed by atoms with Gasteiger partial charge in [-0.3, -0.25) is 14.5 Å². The molecule has 0 saturated carbocycles. The van der Waals surface area contributed by atoms with Crippen molar-refractivity contribution in [1.29, 1.82) is 0 Å². The normalized spacial score (nSPS) is 31.8. The fourth-order valence-electron chi connectivity index (χ4n) is 6.75. The quantitative estimate of drug-likeness (QED) is 0.746. The number of hydrogen-bond acceptors (Lipinski definition) is 3. The highest BCUT2D eigenvalue weighted by atomic mass is 16.2. The number of piperidine rings is 3. The number of amides is 2. The van der Waals surface area contributed by atoms with Gasteiger partial charge < -0.3 is 9.80 Å². The molecule has 4 aliphatic heterocycles. The van der Waals surface area contributed by atoms with Gasteiger partial charge in [0, 0.05) is 51.1 Å². The number of carbonyl (C=O) groups is 2. The summed E-state index contributed by atoms with van der Waals surface area (Å²) >= 11 is 0. The van der Waals surface area contributed by atoms with Crippen LogP contribution in [0.2, 0.25) is 0 Å². The Morgan fingerprint density at radius 1 is 1.03 bits per heavy atom. The van der Waals surface area contributed by atoms with Gasteiger partial charge in [-0.2, -0.15) is 0 Å². The van der Waals surface area contributed by atoms with Gasteiger partial charge in [-0.05, 0) is 50.5 Å². The Kier molecular flexibility index (Phi) is 6.05. The third-order valence-electron chi connectivity index (χ3n) is 8.08. The molecular formula is C26H37N3O2. The maximum atomic E-state index is 13.8. The molecule has 4 aliphatic rings. The molecule has 5 nitrogen and oxygen atoms in total. The van der Waals surface area contributed by atoms with E-state index in [0.29, 0.717) is 12.3 Å². The van der Waals surface area contributed by atoms with Crippen LogP contribution in [0.25, 0.3) is 0 Å². The molecule has 0 N–H and O–H groups in total. The molecule has 5 heteroatoms. The van der Waals surface area contributed by atoms with Crippen LogP contribution in [0.3, 0.4) is 0 Å². The summed E-state index contributed by atoms with van der Waals surface area (Å²) in [4.78, 5) is 33.6. The zero-order valence-electron chi connectivity index (χ0n) is 19.0. The molecule has 1 aromatic carbocycles. The first kappa shape index (κ1) is 21.0. The van der Waals surface area contributed by atoms with Crippen molar-refractivity contribution in [2.45, 2.75) is 76.9 Å². The largest absolute Gasteiger partial charge is 0.341 e. The first-order valence-corrected chi connectivity index (χ1v) is 12.5. The minimum absolute atomic E-state index is 0.228. The summed E-state index contributed by atoms with van der Waals surface area (Å²) in [5.41, 5.74) is 2.65. The van der Waals surface area contributed by atoms with Crippen LogP contribution < -0.4 is 0 Å². The van der Waals surface area contributed by atoms with Crippen molar-refractivity contribution in [2.24, 2.45) is 11.8 Å². The Morgan fingerprint density at radius 3 is 2.58 bits per heavy atom. The van der Waals surface area contributed by atoms with Gasteiger partial charge in [0.05, 0.1) is 0 Å². The van der Waals surface area contributed by atoms with E-state index in [0.717, 1.165) is 64.8 Å². The number of hydrogen-bond donors (Lipinski definition) is 0. The molecule has 2 amide bonds. The molecule has 4 fully saturated rings.